The van der Waals surface area contributed by atoms with Gasteiger partial charge in [-0.2, -0.15) is 0 Å². The second-order valence-electron chi connectivity index (χ2n) is 3.73. The highest BCUT2D eigenvalue weighted by molar-refractivity contribution is 7.84. The molecule has 2 N–H and O–H groups in total. The van der Waals surface area contributed by atoms with Gasteiger partial charge in [0, 0.05) is 52.0 Å². The summed E-state index contributed by atoms with van der Waals surface area (Å²) in [6.07, 6.45) is 0. The minimum atomic E-state index is -0.776. The maximum atomic E-state index is 11.2. The second kappa shape index (κ2) is 7.61. The molecule has 1 rings (SSSR count). The molecule has 4 nitrogen and oxygen atoms in total. The highest BCUT2D eigenvalue weighted by Crippen LogP contribution is 2.33. The lowest BCUT2D eigenvalue weighted by molar-refractivity contribution is 0.370. The monoisotopic (exact) mass is 291 g/mol. The summed E-state index contributed by atoms with van der Waals surface area (Å²) < 4.78 is 16.2. The van der Waals surface area contributed by atoms with Crippen molar-refractivity contribution >= 4 is 22.4 Å². The van der Waals surface area contributed by atoms with Crippen LogP contribution in [0.1, 0.15) is 12.5 Å². The van der Waals surface area contributed by atoms with Gasteiger partial charge in [-0.05, 0) is 6.07 Å². The number of hydrogen-bond donors (Lipinski definition) is 2. The Bertz CT molecular complexity index is 426. The number of nitrogens with one attached hydrogen (secondary N) is 1. The van der Waals surface area contributed by atoms with Gasteiger partial charge in [0.2, 0.25) is 0 Å². The van der Waals surface area contributed by atoms with Crippen molar-refractivity contribution in [2.45, 2.75) is 13.5 Å². The number of rotatable bonds is 7. The third kappa shape index (κ3) is 4.48. The summed E-state index contributed by atoms with van der Waals surface area (Å²) in [5, 5.41) is 13.5. The summed E-state index contributed by atoms with van der Waals surface area (Å²) in [4.78, 5) is 0. The maximum absolute atomic E-state index is 11.2. The normalized spacial score (nSPS) is 12.4. The molecule has 1 aromatic rings. The Morgan fingerprint density at radius 1 is 1.50 bits per heavy atom. The molecule has 18 heavy (non-hydrogen) atoms. The van der Waals surface area contributed by atoms with Gasteiger partial charge in [-0.15, -0.1) is 0 Å². The summed E-state index contributed by atoms with van der Waals surface area (Å²) in [7, 11) is 0.703. The van der Waals surface area contributed by atoms with E-state index in [1.807, 2.05) is 6.92 Å². The Balaban J connectivity index is 2.56. The molecule has 102 valence electrons. The quantitative estimate of drug-likeness (QED) is 0.754. The number of phenols is 1. The van der Waals surface area contributed by atoms with Gasteiger partial charge in [-0.3, -0.25) is 4.21 Å². The largest absolute Gasteiger partial charge is 0.504 e. The number of halogens is 1. The van der Waals surface area contributed by atoms with Crippen LogP contribution in [-0.4, -0.2) is 34.5 Å². The van der Waals surface area contributed by atoms with Gasteiger partial charge in [-0.1, -0.05) is 18.5 Å². The van der Waals surface area contributed by atoms with Gasteiger partial charge in [0.05, 0.1) is 7.11 Å². The molecule has 0 aliphatic rings. The smallest absolute Gasteiger partial charge is 0.162 e. The fourth-order valence-corrected chi connectivity index (χ4v) is 2.36. The van der Waals surface area contributed by atoms with Crippen LogP contribution in [-0.2, 0) is 17.3 Å². The average molecular weight is 292 g/mol. The highest BCUT2D eigenvalue weighted by Gasteiger charge is 2.09. The fraction of sp³-hybridized carbons (Fsp3) is 0.500. The van der Waals surface area contributed by atoms with Crippen LogP contribution in [0.4, 0.5) is 0 Å². The van der Waals surface area contributed by atoms with Crippen LogP contribution in [0.3, 0.4) is 0 Å². The van der Waals surface area contributed by atoms with E-state index in [4.69, 9.17) is 16.3 Å². The molecule has 0 radical (unpaired) electrons. The number of hydrogen-bond acceptors (Lipinski definition) is 4. The van der Waals surface area contributed by atoms with Crippen molar-refractivity contribution in [1.82, 2.24) is 5.32 Å². The van der Waals surface area contributed by atoms with Gasteiger partial charge in [0.25, 0.3) is 0 Å². The standard InChI is InChI=1S/C12H18ClNO3S/c1-3-18(16)5-4-14-8-9-6-10(13)7-11(17-2)12(9)15/h6-7,14-15H,3-5,8H2,1-2H3. The molecular weight excluding hydrogens is 274 g/mol. The molecule has 0 bridgehead atoms. The van der Waals surface area contributed by atoms with Crippen LogP contribution in [0.5, 0.6) is 11.5 Å². The van der Waals surface area contributed by atoms with Crippen LogP contribution < -0.4 is 10.1 Å². The third-order valence-corrected chi connectivity index (χ3v) is 4.00. The zero-order valence-corrected chi connectivity index (χ0v) is 12.1. The fourth-order valence-electron chi connectivity index (χ4n) is 1.47. The van der Waals surface area contributed by atoms with Crippen molar-refractivity contribution in [1.29, 1.82) is 0 Å². The Morgan fingerprint density at radius 2 is 2.22 bits per heavy atom. The molecule has 0 aliphatic carbocycles. The van der Waals surface area contributed by atoms with Crippen LogP contribution in [0.25, 0.3) is 0 Å². The van der Waals surface area contributed by atoms with Crippen molar-refractivity contribution in [2.24, 2.45) is 0 Å². The lowest BCUT2D eigenvalue weighted by atomic mass is 10.2. The van der Waals surface area contributed by atoms with Gasteiger partial charge >= 0.3 is 0 Å². The van der Waals surface area contributed by atoms with E-state index in [9.17, 15) is 9.32 Å². The van der Waals surface area contributed by atoms with Gasteiger partial charge < -0.3 is 15.2 Å². The SMILES string of the molecule is CCS(=O)CCNCc1cc(Cl)cc(OC)c1O. The molecule has 6 heteroatoms. The lowest BCUT2D eigenvalue weighted by Gasteiger charge is -2.10. The highest BCUT2D eigenvalue weighted by atomic mass is 35.5. The van der Waals surface area contributed by atoms with Gasteiger partial charge in [-0.25, -0.2) is 0 Å². The van der Waals surface area contributed by atoms with Crippen molar-refractivity contribution in [3.8, 4) is 11.5 Å². The molecule has 0 saturated heterocycles. The van der Waals surface area contributed by atoms with E-state index in [1.165, 1.54) is 7.11 Å². The Kier molecular flexibility index (Phi) is 6.46. The first kappa shape index (κ1) is 15.3. The van der Waals surface area contributed by atoms with E-state index in [0.717, 1.165) is 0 Å². The number of phenolic OH excluding ortho intramolecular Hbond substituents is 1. The summed E-state index contributed by atoms with van der Waals surface area (Å²) in [6.45, 7) is 2.99. The summed E-state index contributed by atoms with van der Waals surface area (Å²) in [5.41, 5.74) is 0.668. The Hall–Kier alpha value is -0.780. The molecule has 1 atom stereocenters. The Labute approximate surface area is 115 Å². The molecule has 0 saturated carbocycles. The molecule has 0 amide bonds. The minimum Gasteiger partial charge on any atom is -0.504 e. The molecule has 0 aliphatic heterocycles. The maximum Gasteiger partial charge on any atom is 0.162 e. The van der Waals surface area contributed by atoms with E-state index >= 15 is 0 Å². The summed E-state index contributed by atoms with van der Waals surface area (Å²) in [6, 6.07) is 3.25. The predicted molar refractivity (Wildman–Crippen MR) is 74.9 cm³/mol. The first-order valence-corrected chi connectivity index (χ1v) is 7.56. The van der Waals surface area contributed by atoms with Gasteiger partial charge in [0.1, 0.15) is 0 Å². The second-order valence-corrected chi connectivity index (χ2v) is 6.03. The minimum absolute atomic E-state index is 0.0889. The third-order valence-electron chi connectivity index (χ3n) is 2.48. The number of ether oxygens (including phenoxy) is 1. The first-order chi connectivity index (χ1) is 8.58. The van der Waals surface area contributed by atoms with E-state index in [-0.39, 0.29) is 5.75 Å². The Morgan fingerprint density at radius 3 is 2.83 bits per heavy atom. The number of aromatic hydroxyl groups is 1. The van der Waals surface area contributed by atoms with Crippen LogP contribution in [0.2, 0.25) is 5.02 Å². The summed E-state index contributed by atoms with van der Waals surface area (Å²) >= 11 is 5.92. The van der Waals surface area contributed by atoms with E-state index in [1.54, 1.807) is 12.1 Å². The first-order valence-electron chi connectivity index (χ1n) is 5.69. The average Bonchev–Trinajstić information content (AvgIpc) is 2.37. The molecule has 1 aromatic carbocycles. The molecule has 0 heterocycles. The van der Waals surface area contributed by atoms with Crippen molar-refractivity contribution in [3.63, 3.8) is 0 Å². The van der Waals surface area contributed by atoms with Crippen LogP contribution in [0, 0.1) is 0 Å². The molecule has 0 aromatic heterocycles. The van der Waals surface area contributed by atoms with Crippen molar-refractivity contribution in [3.05, 3.63) is 22.7 Å². The van der Waals surface area contributed by atoms with E-state index in [0.29, 0.717) is 40.9 Å². The van der Waals surface area contributed by atoms with Crippen LogP contribution >= 0.6 is 11.6 Å². The van der Waals surface area contributed by atoms with E-state index in [2.05, 4.69) is 5.32 Å². The lowest BCUT2D eigenvalue weighted by Crippen LogP contribution is -2.20. The topological polar surface area (TPSA) is 58.6 Å². The van der Waals surface area contributed by atoms with Crippen LogP contribution in [0.15, 0.2) is 12.1 Å². The molecule has 1 unspecified atom stereocenters. The molecule has 0 spiro atoms. The molecular formula is C12H18ClNO3S. The van der Waals surface area contributed by atoms with Crippen molar-refractivity contribution in [2.75, 3.05) is 25.2 Å². The number of methoxy groups -OCH3 is 1. The predicted octanol–water partition coefficient (Wildman–Crippen LogP) is 1.91. The van der Waals surface area contributed by atoms with Crippen molar-refractivity contribution < 1.29 is 14.1 Å². The van der Waals surface area contributed by atoms with Gasteiger partial charge in [0.15, 0.2) is 11.5 Å². The zero-order chi connectivity index (χ0) is 13.5. The van der Waals surface area contributed by atoms with E-state index < -0.39 is 10.8 Å². The molecule has 0 fully saturated rings. The summed E-state index contributed by atoms with van der Waals surface area (Å²) in [5.74, 6) is 1.72. The number of benzene rings is 1. The zero-order valence-electron chi connectivity index (χ0n) is 10.5.